The molecule has 0 bridgehead atoms. The van der Waals surface area contributed by atoms with Crippen LogP contribution in [-0.2, 0) is 4.79 Å². The molecule has 0 saturated carbocycles. The maximum Gasteiger partial charge on any atom is 0.341 e. The number of imidazole rings is 1. The number of carboxylic acids is 1. The summed E-state index contributed by atoms with van der Waals surface area (Å²) in [5.74, 6) is -0.391. The molecule has 0 saturated heterocycles. The molecule has 0 aliphatic carbocycles. The number of fused-ring (bicyclic) bond motifs is 1. The van der Waals surface area contributed by atoms with E-state index in [0.29, 0.717) is 17.0 Å². The minimum atomic E-state index is -1.08. The number of aromatic hydroxyl groups is 1. The van der Waals surface area contributed by atoms with Gasteiger partial charge in [0.15, 0.2) is 12.3 Å². The zero-order valence-corrected chi connectivity index (χ0v) is 10.8. The number of nitrogens with zero attached hydrogens (tertiary/aromatic N) is 2. The van der Waals surface area contributed by atoms with Crippen LogP contribution in [0.1, 0.15) is 0 Å². The van der Waals surface area contributed by atoms with Crippen molar-refractivity contribution in [3.8, 4) is 22.9 Å². The molecule has 0 spiro atoms. The number of aliphatic carboxylic acids is 1. The number of benzene rings is 1. The molecule has 0 aliphatic rings. The van der Waals surface area contributed by atoms with Gasteiger partial charge in [-0.1, -0.05) is 0 Å². The highest BCUT2D eigenvalue weighted by Gasteiger charge is 2.11. The van der Waals surface area contributed by atoms with Crippen molar-refractivity contribution < 1.29 is 19.7 Å². The fraction of sp³-hybridized carbons (Fsp3) is 0.0714. The Kier molecular flexibility index (Phi) is 3.15. The first kappa shape index (κ1) is 12.9. The average Bonchev–Trinajstić information content (AvgIpc) is 2.88. The predicted octanol–water partition coefficient (Wildman–Crippen LogP) is 1.79. The van der Waals surface area contributed by atoms with Crippen molar-refractivity contribution in [1.29, 1.82) is 0 Å². The zero-order valence-electron chi connectivity index (χ0n) is 10.8. The molecular weight excluding hydrogens is 274 g/mol. The number of hydrogen-bond acceptors (Lipinski definition) is 5. The molecule has 2 heterocycles. The molecule has 0 aliphatic heterocycles. The van der Waals surface area contributed by atoms with Crippen molar-refractivity contribution in [3.63, 3.8) is 0 Å². The van der Waals surface area contributed by atoms with E-state index in [1.807, 2.05) is 6.07 Å². The van der Waals surface area contributed by atoms with Crippen LogP contribution in [0, 0.1) is 0 Å². The highest BCUT2D eigenvalue weighted by molar-refractivity contribution is 5.77. The lowest BCUT2D eigenvalue weighted by Crippen LogP contribution is -2.09. The summed E-state index contributed by atoms with van der Waals surface area (Å²) in [6.07, 6.45) is 1.63. The fourth-order valence-corrected chi connectivity index (χ4v) is 1.92. The summed E-state index contributed by atoms with van der Waals surface area (Å²) in [7, 11) is 0. The van der Waals surface area contributed by atoms with Gasteiger partial charge in [0.05, 0.1) is 11.1 Å². The number of phenolic OH excluding ortho intramolecular Hbond substituents is 1. The molecule has 21 heavy (non-hydrogen) atoms. The van der Waals surface area contributed by atoms with Gasteiger partial charge in [-0.15, -0.1) is 0 Å². The molecule has 3 rings (SSSR count). The second-order valence-corrected chi connectivity index (χ2v) is 4.32. The van der Waals surface area contributed by atoms with E-state index >= 15 is 0 Å². The van der Waals surface area contributed by atoms with Gasteiger partial charge in [-0.3, -0.25) is 0 Å². The van der Waals surface area contributed by atoms with Crippen LogP contribution in [0.3, 0.4) is 0 Å². The van der Waals surface area contributed by atoms with Gasteiger partial charge in [-0.05, 0) is 24.3 Å². The van der Waals surface area contributed by atoms with Crippen LogP contribution in [-0.4, -0.2) is 37.7 Å². The number of nitrogens with one attached hydrogen (secondary N) is 1. The normalized spacial score (nSPS) is 10.7. The average molecular weight is 285 g/mol. The van der Waals surface area contributed by atoms with E-state index in [-0.39, 0.29) is 11.5 Å². The summed E-state index contributed by atoms with van der Waals surface area (Å²) >= 11 is 0. The third-order valence-corrected chi connectivity index (χ3v) is 2.84. The Hall–Kier alpha value is -3.09. The van der Waals surface area contributed by atoms with Crippen molar-refractivity contribution in [1.82, 2.24) is 15.0 Å². The molecule has 3 aromatic rings. The molecule has 2 aromatic heterocycles. The van der Waals surface area contributed by atoms with Crippen LogP contribution >= 0.6 is 0 Å². The summed E-state index contributed by atoms with van der Waals surface area (Å²) in [4.78, 5) is 21.9. The summed E-state index contributed by atoms with van der Waals surface area (Å²) in [6.45, 7) is -0.465. The van der Waals surface area contributed by atoms with Crippen LogP contribution in [0.5, 0.6) is 11.5 Å². The summed E-state index contributed by atoms with van der Waals surface area (Å²) in [6, 6.07) is 8.13. The Balaban J connectivity index is 1.93. The Morgan fingerprint density at radius 3 is 2.90 bits per heavy atom. The first-order valence-electron chi connectivity index (χ1n) is 6.12. The number of pyridine rings is 1. The van der Waals surface area contributed by atoms with E-state index in [4.69, 9.17) is 9.84 Å². The standard InChI is InChI=1S/C14H11N3O4/c18-11-6-8(21-7-12(19)20)3-4-9(11)13-16-10-2-1-5-15-14(10)17-13/h1-6,18H,7H2,(H,19,20)(H,15,16,17). The number of carbonyl (C=O) groups is 1. The molecule has 1 aromatic carbocycles. The van der Waals surface area contributed by atoms with Crippen LogP contribution in [0.15, 0.2) is 36.5 Å². The minimum Gasteiger partial charge on any atom is -0.507 e. The molecule has 106 valence electrons. The Bertz CT molecular complexity index is 780. The van der Waals surface area contributed by atoms with E-state index in [9.17, 15) is 9.90 Å². The Labute approximate surface area is 118 Å². The number of H-pyrrole nitrogens is 1. The van der Waals surface area contributed by atoms with Crippen molar-refractivity contribution in [2.45, 2.75) is 0 Å². The lowest BCUT2D eigenvalue weighted by molar-refractivity contribution is -0.139. The van der Waals surface area contributed by atoms with E-state index in [1.165, 1.54) is 6.07 Å². The molecule has 0 atom stereocenters. The molecule has 7 nitrogen and oxygen atoms in total. The number of rotatable bonds is 4. The second-order valence-electron chi connectivity index (χ2n) is 4.32. The third kappa shape index (κ3) is 2.62. The first-order valence-corrected chi connectivity index (χ1v) is 6.12. The smallest absolute Gasteiger partial charge is 0.341 e. The fourth-order valence-electron chi connectivity index (χ4n) is 1.92. The monoisotopic (exact) mass is 285 g/mol. The van der Waals surface area contributed by atoms with Crippen LogP contribution < -0.4 is 4.74 Å². The minimum absolute atomic E-state index is 0.0584. The zero-order chi connectivity index (χ0) is 14.8. The summed E-state index contributed by atoms with van der Waals surface area (Å²) in [5, 5.41) is 18.6. The predicted molar refractivity (Wildman–Crippen MR) is 74.1 cm³/mol. The van der Waals surface area contributed by atoms with Gasteiger partial charge >= 0.3 is 5.97 Å². The maximum absolute atomic E-state index is 10.4. The van der Waals surface area contributed by atoms with Gasteiger partial charge in [0, 0.05) is 12.3 Å². The largest absolute Gasteiger partial charge is 0.507 e. The molecule has 0 unspecified atom stereocenters. The van der Waals surface area contributed by atoms with Crippen LogP contribution in [0.4, 0.5) is 0 Å². The number of aromatic amines is 1. The highest BCUT2D eigenvalue weighted by Crippen LogP contribution is 2.31. The SMILES string of the molecule is O=C(O)COc1ccc(-c2nc3ncccc3[nH]2)c(O)c1. The van der Waals surface area contributed by atoms with Gasteiger partial charge in [0.1, 0.15) is 17.3 Å². The van der Waals surface area contributed by atoms with Crippen LogP contribution in [0.25, 0.3) is 22.6 Å². The summed E-state index contributed by atoms with van der Waals surface area (Å²) < 4.78 is 5.00. The summed E-state index contributed by atoms with van der Waals surface area (Å²) in [5.41, 5.74) is 1.80. The molecular formula is C14H11N3O4. The van der Waals surface area contributed by atoms with Crippen molar-refractivity contribution in [3.05, 3.63) is 36.5 Å². The lowest BCUT2D eigenvalue weighted by atomic mass is 10.2. The number of hydrogen-bond donors (Lipinski definition) is 3. The van der Waals surface area contributed by atoms with Gasteiger partial charge < -0.3 is 19.9 Å². The Morgan fingerprint density at radius 2 is 2.19 bits per heavy atom. The van der Waals surface area contributed by atoms with E-state index in [2.05, 4.69) is 15.0 Å². The van der Waals surface area contributed by atoms with Gasteiger partial charge in [-0.25, -0.2) is 14.8 Å². The molecule has 0 radical (unpaired) electrons. The number of phenols is 1. The van der Waals surface area contributed by atoms with Crippen molar-refractivity contribution in [2.75, 3.05) is 6.61 Å². The van der Waals surface area contributed by atoms with E-state index in [1.54, 1.807) is 24.4 Å². The van der Waals surface area contributed by atoms with E-state index in [0.717, 1.165) is 5.52 Å². The molecule has 0 fully saturated rings. The third-order valence-electron chi connectivity index (χ3n) is 2.84. The highest BCUT2D eigenvalue weighted by atomic mass is 16.5. The molecule has 0 amide bonds. The van der Waals surface area contributed by atoms with Gasteiger partial charge in [0.2, 0.25) is 0 Å². The van der Waals surface area contributed by atoms with Crippen molar-refractivity contribution in [2.24, 2.45) is 0 Å². The molecule has 7 heteroatoms. The topological polar surface area (TPSA) is 108 Å². The Morgan fingerprint density at radius 1 is 1.33 bits per heavy atom. The van der Waals surface area contributed by atoms with Crippen LogP contribution in [0.2, 0.25) is 0 Å². The van der Waals surface area contributed by atoms with Crippen molar-refractivity contribution >= 4 is 17.1 Å². The number of ether oxygens (including phenoxy) is 1. The maximum atomic E-state index is 10.4. The second kappa shape index (κ2) is 5.12. The number of carboxylic acid groups (broad SMARTS) is 1. The quantitative estimate of drug-likeness (QED) is 0.674. The first-order chi connectivity index (χ1) is 10.1. The van der Waals surface area contributed by atoms with Gasteiger partial charge in [-0.2, -0.15) is 0 Å². The lowest BCUT2D eigenvalue weighted by Gasteiger charge is -2.06. The van der Waals surface area contributed by atoms with E-state index < -0.39 is 12.6 Å². The number of aromatic nitrogens is 3. The molecule has 3 N–H and O–H groups in total. The van der Waals surface area contributed by atoms with Gasteiger partial charge in [0.25, 0.3) is 0 Å².